The standard InChI is InChI=1S/C24H19NO7/c1-29-16-6-3-2-5-15(16)22(26)20-21(18-7-4-10-30-18)25(24(28)23(20)27)12-14-8-9-17-19(11-14)32-13-31-17/h2-11,21,26H,12-13H2,1H3/b22-20-. The van der Waals surface area contributed by atoms with E-state index in [0.29, 0.717) is 28.6 Å². The summed E-state index contributed by atoms with van der Waals surface area (Å²) in [6.07, 6.45) is 1.46. The second-order valence-electron chi connectivity index (χ2n) is 7.33. The highest BCUT2D eigenvalue weighted by Crippen LogP contribution is 2.42. The number of hydrogen-bond acceptors (Lipinski definition) is 7. The molecule has 1 atom stereocenters. The highest BCUT2D eigenvalue weighted by molar-refractivity contribution is 6.46. The number of nitrogens with zero attached hydrogens (tertiary/aromatic N) is 1. The van der Waals surface area contributed by atoms with Crippen molar-refractivity contribution in [2.24, 2.45) is 0 Å². The molecule has 0 saturated carbocycles. The summed E-state index contributed by atoms with van der Waals surface area (Å²) in [6.45, 7) is 0.240. The molecule has 8 heteroatoms. The zero-order valence-electron chi connectivity index (χ0n) is 17.1. The predicted octanol–water partition coefficient (Wildman–Crippen LogP) is 3.64. The van der Waals surface area contributed by atoms with E-state index in [2.05, 4.69) is 0 Å². The number of aliphatic hydroxyl groups is 1. The summed E-state index contributed by atoms with van der Waals surface area (Å²) >= 11 is 0. The smallest absolute Gasteiger partial charge is 0.296 e. The van der Waals surface area contributed by atoms with Gasteiger partial charge < -0.3 is 28.6 Å². The fourth-order valence-electron chi connectivity index (χ4n) is 4.01. The molecule has 0 aliphatic carbocycles. The van der Waals surface area contributed by atoms with Gasteiger partial charge in [-0.3, -0.25) is 9.59 Å². The monoisotopic (exact) mass is 433 g/mol. The number of ether oxygens (including phenoxy) is 3. The van der Waals surface area contributed by atoms with E-state index < -0.39 is 17.7 Å². The van der Waals surface area contributed by atoms with Gasteiger partial charge in [-0.05, 0) is 42.0 Å². The van der Waals surface area contributed by atoms with Crippen LogP contribution in [-0.2, 0) is 16.1 Å². The van der Waals surface area contributed by atoms with Crippen molar-refractivity contribution in [1.29, 1.82) is 0 Å². The maximum absolute atomic E-state index is 13.1. The number of carbonyl (C=O) groups excluding carboxylic acids is 2. The summed E-state index contributed by atoms with van der Waals surface area (Å²) in [5, 5.41) is 11.1. The van der Waals surface area contributed by atoms with Gasteiger partial charge in [0, 0.05) is 6.54 Å². The largest absolute Gasteiger partial charge is 0.507 e. The Labute approximate surface area is 183 Å². The van der Waals surface area contributed by atoms with Crippen LogP contribution in [0.5, 0.6) is 17.2 Å². The van der Waals surface area contributed by atoms with Gasteiger partial charge in [-0.25, -0.2) is 0 Å². The molecule has 1 saturated heterocycles. The van der Waals surface area contributed by atoms with Crippen LogP contribution in [0.4, 0.5) is 0 Å². The van der Waals surface area contributed by atoms with Crippen LogP contribution in [-0.4, -0.2) is 35.6 Å². The van der Waals surface area contributed by atoms with E-state index >= 15 is 0 Å². The Bertz CT molecular complexity index is 1230. The molecule has 0 bridgehead atoms. The topological polar surface area (TPSA) is 98.4 Å². The number of methoxy groups -OCH3 is 1. The number of hydrogen-bond donors (Lipinski definition) is 1. The number of Topliss-reactive ketones (excluding diaryl/α,β-unsaturated/α-hetero) is 1. The number of rotatable bonds is 5. The number of furan rings is 1. The van der Waals surface area contributed by atoms with Gasteiger partial charge in [0.05, 0.1) is 24.5 Å². The fourth-order valence-corrected chi connectivity index (χ4v) is 4.01. The van der Waals surface area contributed by atoms with Crippen molar-refractivity contribution in [3.05, 3.63) is 83.3 Å². The van der Waals surface area contributed by atoms with Crippen LogP contribution in [0, 0.1) is 0 Å². The SMILES string of the molecule is COc1ccccc1/C(O)=C1/C(=O)C(=O)N(Cc2ccc3c(c2)OCO3)C1c1ccco1. The average Bonchev–Trinajstić information content (AvgIpc) is 3.55. The fraction of sp³-hybridized carbons (Fsp3) is 0.167. The van der Waals surface area contributed by atoms with Gasteiger partial charge in [0.1, 0.15) is 23.3 Å². The van der Waals surface area contributed by atoms with Gasteiger partial charge in [0.15, 0.2) is 11.5 Å². The lowest BCUT2D eigenvalue weighted by Crippen LogP contribution is -2.29. The molecule has 32 heavy (non-hydrogen) atoms. The van der Waals surface area contributed by atoms with Gasteiger partial charge in [-0.2, -0.15) is 0 Å². The first-order chi connectivity index (χ1) is 15.6. The number of amides is 1. The number of fused-ring (bicyclic) bond motifs is 1. The van der Waals surface area contributed by atoms with Crippen molar-refractivity contribution < 1.29 is 33.3 Å². The summed E-state index contributed by atoms with van der Waals surface area (Å²) in [5.74, 6) is 0.0789. The lowest BCUT2D eigenvalue weighted by atomic mass is 9.98. The molecule has 162 valence electrons. The third-order valence-corrected chi connectivity index (χ3v) is 5.50. The van der Waals surface area contributed by atoms with Gasteiger partial charge >= 0.3 is 0 Å². The third kappa shape index (κ3) is 3.17. The maximum Gasteiger partial charge on any atom is 0.296 e. The Morgan fingerprint density at radius 2 is 1.91 bits per heavy atom. The normalized spacial score (nSPS) is 18.9. The number of aliphatic hydroxyl groups excluding tert-OH is 1. The van der Waals surface area contributed by atoms with Gasteiger partial charge in [0.25, 0.3) is 11.7 Å². The number of benzene rings is 2. The highest BCUT2D eigenvalue weighted by atomic mass is 16.7. The van der Waals surface area contributed by atoms with E-state index in [1.807, 2.05) is 0 Å². The zero-order chi connectivity index (χ0) is 22.2. The van der Waals surface area contributed by atoms with Crippen LogP contribution >= 0.6 is 0 Å². The Kier molecular flexibility index (Phi) is 4.82. The number of para-hydroxylation sites is 1. The molecular formula is C24H19NO7. The van der Waals surface area contributed by atoms with Crippen molar-refractivity contribution in [3.8, 4) is 17.2 Å². The summed E-state index contributed by atoms with van der Waals surface area (Å²) in [5.41, 5.74) is 0.993. The molecule has 1 N–H and O–H groups in total. The molecule has 1 aromatic heterocycles. The van der Waals surface area contributed by atoms with Crippen molar-refractivity contribution in [2.45, 2.75) is 12.6 Å². The summed E-state index contributed by atoms with van der Waals surface area (Å²) in [7, 11) is 1.47. The van der Waals surface area contributed by atoms with Crippen molar-refractivity contribution >= 4 is 17.4 Å². The minimum absolute atomic E-state index is 0.0600. The number of likely N-dealkylation sites (tertiary alicyclic amines) is 1. The quantitative estimate of drug-likeness (QED) is 0.373. The van der Waals surface area contributed by atoms with Crippen LogP contribution in [0.3, 0.4) is 0 Å². The predicted molar refractivity (Wildman–Crippen MR) is 112 cm³/mol. The van der Waals surface area contributed by atoms with Gasteiger partial charge in [-0.1, -0.05) is 18.2 Å². The Morgan fingerprint density at radius 3 is 2.69 bits per heavy atom. The molecule has 0 radical (unpaired) electrons. The summed E-state index contributed by atoms with van der Waals surface area (Å²) in [6, 6.07) is 14.5. The Morgan fingerprint density at radius 1 is 1.09 bits per heavy atom. The highest BCUT2D eigenvalue weighted by Gasteiger charge is 2.47. The second-order valence-corrected chi connectivity index (χ2v) is 7.33. The van der Waals surface area contributed by atoms with E-state index in [0.717, 1.165) is 5.56 Å². The molecule has 5 rings (SSSR count). The number of ketones is 1. The molecule has 1 unspecified atom stereocenters. The third-order valence-electron chi connectivity index (χ3n) is 5.50. The van der Waals surface area contributed by atoms with Crippen molar-refractivity contribution in [3.63, 3.8) is 0 Å². The minimum atomic E-state index is -0.902. The van der Waals surface area contributed by atoms with Crippen molar-refractivity contribution in [2.75, 3.05) is 13.9 Å². The first-order valence-electron chi connectivity index (χ1n) is 9.92. The molecule has 2 aliphatic rings. The molecule has 0 spiro atoms. The van der Waals surface area contributed by atoms with Crippen molar-refractivity contribution in [1.82, 2.24) is 4.90 Å². The molecule has 1 amide bonds. The Balaban J connectivity index is 1.60. The van der Waals surface area contributed by atoms with E-state index in [-0.39, 0.29) is 24.7 Å². The average molecular weight is 433 g/mol. The first kappa shape index (κ1) is 19.7. The second kappa shape index (κ2) is 7.81. The van der Waals surface area contributed by atoms with E-state index in [1.54, 1.807) is 54.6 Å². The molecule has 1 fully saturated rings. The molecular weight excluding hydrogens is 414 g/mol. The first-order valence-corrected chi connectivity index (χ1v) is 9.92. The van der Waals surface area contributed by atoms with E-state index in [9.17, 15) is 14.7 Å². The molecule has 3 aromatic rings. The van der Waals surface area contributed by atoms with Gasteiger partial charge in [0.2, 0.25) is 6.79 Å². The van der Waals surface area contributed by atoms with E-state index in [1.165, 1.54) is 18.3 Å². The van der Waals surface area contributed by atoms with Crippen LogP contribution in [0.25, 0.3) is 5.76 Å². The molecule has 2 aromatic carbocycles. The molecule has 3 heterocycles. The van der Waals surface area contributed by atoms with Crippen LogP contribution in [0.15, 0.2) is 70.9 Å². The summed E-state index contributed by atoms with van der Waals surface area (Å²) < 4.78 is 21.6. The summed E-state index contributed by atoms with van der Waals surface area (Å²) in [4.78, 5) is 27.5. The van der Waals surface area contributed by atoms with E-state index in [4.69, 9.17) is 18.6 Å². The lowest BCUT2D eigenvalue weighted by molar-refractivity contribution is -0.140. The molecule has 2 aliphatic heterocycles. The number of carbonyl (C=O) groups is 2. The zero-order valence-corrected chi connectivity index (χ0v) is 17.1. The van der Waals surface area contributed by atoms with Crippen LogP contribution in [0.1, 0.15) is 22.9 Å². The minimum Gasteiger partial charge on any atom is -0.507 e. The van der Waals surface area contributed by atoms with Crippen LogP contribution < -0.4 is 14.2 Å². The Hall–Kier alpha value is -4.20. The van der Waals surface area contributed by atoms with Crippen LogP contribution in [0.2, 0.25) is 0 Å². The lowest BCUT2D eigenvalue weighted by Gasteiger charge is -2.23. The van der Waals surface area contributed by atoms with Gasteiger partial charge in [-0.15, -0.1) is 0 Å². The maximum atomic E-state index is 13.1. The molecule has 8 nitrogen and oxygen atoms in total.